The average molecular weight is 413 g/mol. The van der Waals surface area contributed by atoms with Crippen LogP contribution in [-0.4, -0.2) is 35.1 Å². The fourth-order valence-electron chi connectivity index (χ4n) is 3.32. The van der Waals surface area contributed by atoms with E-state index in [-0.39, 0.29) is 0 Å². The first-order valence-electron chi connectivity index (χ1n) is 9.80. The van der Waals surface area contributed by atoms with Crippen LogP contribution in [0.25, 0.3) is 11.4 Å². The Morgan fingerprint density at radius 1 is 0.903 bits per heavy atom. The Morgan fingerprint density at radius 2 is 1.52 bits per heavy atom. The van der Waals surface area contributed by atoms with Crippen molar-refractivity contribution in [1.29, 1.82) is 0 Å². The molecule has 156 valence electrons. The highest BCUT2D eigenvalue weighted by atomic mass is 16.5. The van der Waals surface area contributed by atoms with Crippen LogP contribution in [0.15, 0.2) is 77.8 Å². The first kappa shape index (κ1) is 20.3. The zero-order valence-electron chi connectivity index (χ0n) is 17.4. The second kappa shape index (κ2) is 9.23. The van der Waals surface area contributed by atoms with E-state index in [9.17, 15) is 0 Å². The Kier molecular flexibility index (Phi) is 6.05. The molecule has 0 aliphatic carbocycles. The van der Waals surface area contributed by atoms with Crippen LogP contribution >= 0.6 is 0 Å². The number of aromatic amines is 1. The number of hydrogen-bond acceptors (Lipinski definition) is 6. The number of rotatable bonds is 7. The zero-order valence-corrected chi connectivity index (χ0v) is 17.4. The van der Waals surface area contributed by atoms with Gasteiger partial charge in [-0.15, -0.1) is 5.10 Å². The fraction of sp³-hybridized carbons (Fsp3) is 0.125. The summed E-state index contributed by atoms with van der Waals surface area (Å²) in [5.41, 5.74) is 10.1. The smallest absolute Gasteiger partial charge is 0.269 e. The van der Waals surface area contributed by atoms with E-state index in [1.807, 2.05) is 72.8 Å². The lowest BCUT2D eigenvalue weighted by Gasteiger charge is -2.12. The van der Waals surface area contributed by atoms with Gasteiger partial charge in [-0.1, -0.05) is 60.7 Å². The molecule has 0 radical (unpaired) electrons. The van der Waals surface area contributed by atoms with Gasteiger partial charge in [-0.3, -0.25) is 5.10 Å². The molecule has 7 nitrogen and oxygen atoms in total. The molecule has 0 spiro atoms. The SMILES string of the molecule is COc1cc(-c2nc(N=C(c3ccccc3)c3ccccc3)n[nH]2)c(OC)cc1CN. The number of nitrogens with one attached hydrogen (secondary N) is 1. The topological polar surface area (TPSA) is 98.4 Å². The molecule has 3 N–H and O–H groups in total. The summed E-state index contributed by atoms with van der Waals surface area (Å²) in [5, 5.41) is 7.27. The van der Waals surface area contributed by atoms with E-state index >= 15 is 0 Å². The van der Waals surface area contributed by atoms with Gasteiger partial charge in [-0.2, -0.15) is 4.98 Å². The number of methoxy groups -OCH3 is 2. The van der Waals surface area contributed by atoms with E-state index in [1.54, 1.807) is 14.2 Å². The molecule has 7 heteroatoms. The van der Waals surface area contributed by atoms with Gasteiger partial charge in [0.05, 0.1) is 25.5 Å². The molecule has 4 rings (SSSR count). The molecule has 0 saturated carbocycles. The lowest BCUT2D eigenvalue weighted by molar-refractivity contribution is 0.400. The molecule has 1 heterocycles. The molecule has 31 heavy (non-hydrogen) atoms. The summed E-state index contributed by atoms with van der Waals surface area (Å²) in [7, 11) is 3.21. The van der Waals surface area contributed by atoms with Gasteiger partial charge in [-0.25, -0.2) is 4.99 Å². The second-order valence-electron chi connectivity index (χ2n) is 6.74. The quantitative estimate of drug-likeness (QED) is 0.444. The lowest BCUT2D eigenvalue weighted by atomic mass is 10.0. The molecule has 0 bridgehead atoms. The molecule has 0 aliphatic rings. The van der Waals surface area contributed by atoms with Crippen LogP contribution in [0.4, 0.5) is 5.95 Å². The number of hydrogen-bond donors (Lipinski definition) is 2. The fourth-order valence-corrected chi connectivity index (χ4v) is 3.32. The number of aromatic nitrogens is 3. The zero-order chi connectivity index (χ0) is 21.6. The summed E-state index contributed by atoms with van der Waals surface area (Å²) in [4.78, 5) is 9.34. The van der Waals surface area contributed by atoms with Crippen molar-refractivity contribution in [1.82, 2.24) is 15.2 Å². The van der Waals surface area contributed by atoms with Crippen molar-refractivity contribution in [3.63, 3.8) is 0 Å². The molecule has 4 aromatic rings. The summed E-state index contributed by atoms with van der Waals surface area (Å²) in [5.74, 6) is 2.13. The molecule has 0 fully saturated rings. The van der Waals surface area contributed by atoms with Gasteiger partial charge in [-0.05, 0) is 12.1 Å². The maximum atomic E-state index is 5.82. The first-order chi connectivity index (χ1) is 15.2. The number of nitrogens with zero attached hydrogens (tertiary/aromatic N) is 3. The normalized spacial score (nSPS) is 10.5. The Labute approximate surface area is 180 Å². The van der Waals surface area contributed by atoms with Gasteiger partial charge < -0.3 is 15.2 Å². The standard InChI is InChI=1S/C24H23N5O2/c1-30-20-14-19(21(31-2)13-18(20)15-25)23-27-24(29-28-23)26-22(16-9-5-3-6-10-16)17-11-7-4-8-12-17/h3-14H,15,25H2,1-2H3,(H,27,28,29). The first-order valence-corrected chi connectivity index (χ1v) is 9.80. The maximum Gasteiger partial charge on any atom is 0.269 e. The summed E-state index contributed by atoms with van der Waals surface area (Å²) in [6, 6.07) is 23.6. The number of H-pyrrole nitrogens is 1. The van der Waals surface area contributed by atoms with Crippen molar-refractivity contribution in [2.45, 2.75) is 6.54 Å². The molecule has 0 amide bonds. The largest absolute Gasteiger partial charge is 0.496 e. The van der Waals surface area contributed by atoms with E-state index in [4.69, 9.17) is 20.2 Å². The molecular weight excluding hydrogens is 390 g/mol. The van der Waals surface area contributed by atoms with Crippen molar-refractivity contribution < 1.29 is 9.47 Å². The molecule has 0 saturated heterocycles. The third-order valence-corrected chi connectivity index (χ3v) is 4.86. The molecule has 0 aliphatic heterocycles. The third kappa shape index (κ3) is 4.31. The van der Waals surface area contributed by atoms with Gasteiger partial charge >= 0.3 is 0 Å². The lowest BCUT2D eigenvalue weighted by Crippen LogP contribution is -2.02. The monoisotopic (exact) mass is 413 g/mol. The minimum absolute atomic E-state index is 0.321. The molecule has 3 aromatic carbocycles. The summed E-state index contributed by atoms with van der Waals surface area (Å²) >= 11 is 0. The number of nitrogens with two attached hydrogens (primary N) is 1. The van der Waals surface area contributed by atoms with E-state index in [0.29, 0.717) is 35.4 Å². The van der Waals surface area contributed by atoms with Crippen LogP contribution in [0.3, 0.4) is 0 Å². The Hall–Kier alpha value is -3.97. The summed E-state index contributed by atoms with van der Waals surface area (Å²) in [6.07, 6.45) is 0. The van der Waals surface area contributed by atoms with Crippen molar-refractivity contribution >= 4 is 11.7 Å². The maximum absolute atomic E-state index is 5.82. The number of benzene rings is 3. The van der Waals surface area contributed by atoms with Crippen LogP contribution in [-0.2, 0) is 6.54 Å². The minimum Gasteiger partial charge on any atom is -0.496 e. The highest BCUT2D eigenvalue weighted by Crippen LogP contribution is 2.35. The average Bonchev–Trinajstić information content (AvgIpc) is 3.31. The van der Waals surface area contributed by atoms with E-state index < -0.39 is 0 Å². The number of aliphatic imine (C=N–C) groups is 1. The van der Waals surface area contributed by atoms with Gasteiger partial charge in [0, 0.05) is 23.2 Å². The highest BCUT2D eigenvalue weighted by Gasteiger charge is 2.16. The van der Waals surface area contributed by atoms with Gasteiger partial charge in [0.1, 0.15) is 11.5 Å². The van der Waals surface area contributed by atoms with Crippen molar-refractivity contribution in [2.24, 2.45) is 10.7 Å². The van der Waals surface area contributed by atoms with E-state index in [2.05, 4.69) is 15.2 Å². The Balaban J connectivity index is 1.78. The van der Waals surface area contributed by atoms with Gasteiger partial charge in [0.15, 0.2) is 5.82 Å². The van der Waals surface area contributed by atoms with E-state index in [1.165, 1.54) is 0 Å². The van der Waals surface area contributed by atoms with Crippen LogP contribution in [0.1, 0.15) is 16.7 Å². The van der Waals surface area contributed by atoms with Crippen molar-refractivity contribution in [3.8, 4) is 22.9 Å². The molecule has 0 atom stereocenters. The predicted molar refractivity (Wildman–Crippen MR) is 121 cm³/mol. The number of ether oxygens (including phenoxy) is 2. The van der Waals surface area contributed by atoms with Gasteiger partial charge in [0.2, 0.25) is 0 Å². The van der Waals surface area contributed by atoms with Crippen molar-refractivity contribution in [3.05, 3.63) is 89.5 Å². The molecule has 1 aromatic heterocycles. The van der Waals surface area contributed by atoms with Crippen LogP contribution in [0, 0.1) is 0 Å². The highest BCUT2D eigenvalue weighted by molar-refractivity contribution is 6.13. The summed E-state index contributed by atoms with van der Waals surface area (Å²) in [6.45, 7) is 0.337. The summed E-state index contributed by atoms with van der Waals surface area (Å²) < 4.78 is 11.0. The second-order valence-corrected chi connectivity index (χ2v) is 6.74. The van der Waals surface area contributed by atoms with Crippen LogP contribution in [0.5, 0.6) is 11.5 Å². The molecular formula is C24H23N5O2. The Morgan fingerprint density at radius 3 is 2.06 bits per heavy atom. The minimum atomic E-state index is 0.321. The predicted octanol–water partition coefficient (Wildman–Crippen LogP) is 4.12. The third-order valence-electron chi connectivity index (χ3n) is 4.86. The van der Waals surface area contributed by atoms with Gasteiger partial charge in [0.25, 0.3) is 5.95 Å². The van der Waals surface area contributed by atoms with Crippen LogP contribution in [0.2, 0.25) is 0 Å². The van der Waals surface area contributed by atoms with Crippen molar-refractivity contribution in [2.75, 3.05) is 14.2 Å². The Bertz CT molecular complexity index is 1150. The van der Waals surface area contributed by atoms with E-state index in [0.717, 1.165) is 22.4 Å². The molecule has 0 unspecified atom stereocenters. The van der Waals surface area contributed by atoms with Crippen LogP contribution < -0.4 is 15.2 Å².